The first-order chi connectivity index (χ1) is 9.06. The number of imidazole rings is 1. The van der Waals surface area contributed by atoms with Crippen LogP contribution in [0.25, 0.3) is 11.0 Å². The molecule has 1 unspecified atom stereocenters. The zero-order valence-corrected chi connectivity index (χ0v) is 10.5. The summed E-state index contributed by atoms with van der Waals surface area (Å²) in [4.78, 5) is 29.0. The van der Waals surface area contributed by atoms with Crippen LogP contribution in [0.15, 0.2) is 24.5 Å². The second-order valence-corrected chi connectivity index (χ2v) is 4.84. The van der Waals surface area contributed by atoms with Gasteiger partial charge < -0.3 is 15.2 Å². The van der Waals surface area contributed by atoms with Crippen molar-refractivity contribution in [1.82, 2.24) is 9.55 Å². The molecule has 19 heavy (non-hydrogen) atoms. The number of amides is 2. The molecular formula is C13H14N4O2. The van der Waals surface area contributed by atoms with Crippen molar-refractivity contribution in [3.63, 3.8) is 0 Å². The van der Waals surface area contributed by atoms with Crippen molar-refractivity contribution in [1.29, 1.82) is 0 Å². The Morgan fingerprint density at radius 3 is 2.95 bits per heavy atom. The second kappa shape index (κ2) is 4.08. The van der Waals surface area contributed by atoms with Gasteiger partial charge in [0, 0.05) is 25.7 Å². The molecule has 2 aromatic rings. The molecule has 0 spiro atoms. The molecule has 1 aliphatic heterocycles. The van der Waals surface area contributed by atoms with Gasteiger partial charge in [-0.1, -0.05) is 0 Å². The van der Waals surface area contributed by atoms with Crippen molar-refractivity contribution < 1.29 is 9.59 Å². The van der Waals surface area contributed by atoms with Gasteiger partial charge in [0.05, 0.1) is 23.3 Å². The Kier molecular flexibility index (Phi) is 2.51. The first-order valence-corrected chi connectivity index (χ1v) is 6.07. The predicted molar refractivity (Wildman–Crippen MR) is 70.4 cm³/mol. The van der Waals surface area contributed by atoms with Gasteiger partial charge in [-0.05, 0) is 18.2 Å². The molecule has 1 fully saturated rings. The van der Waals surface area contributed by atoms with Gasteiger partial charge in [-0.3, -0.25) is 9.59 Å². The van der Waals surface area contributed by atoms with Crippen LogP contribution in [0.3, 0.4) is 0 Å². The molecule has 6 nitrogen and oxygen atoms in total. The third-order valence-corrected chi connectivity index (χ3v) is 3.55. The molecule has 1 saturated heterocycles. The van der Waals surface area contributed by atoms with E-state index in [0.717, 1.165) is 16.7 Å². The zero-order chi connectivity index (χ0) is 13.6. The number of carbonyl (C=O) groups is 2. The summed E-state index contributed by atoms with van der Waals surface area (Å²) in [6.07, 6.45) is 1.92. The van der Waals surface area contributed by atoms with Gasteiger partial charge >= 0.3 is 0 Å². The number of carbonyl (C=O) groups excluding carboxylic acids is 2. The average Bonchev–Trinajstić information content (AvgIpc) is 2.93. The molecule has 2 heterocycles. The van der Waals surface area contributed by atoms with Crippen LogP contribution in [0, 0.1) is 5.92 Å². The first-order valence-electron chi connectivity index (χ1n) is 6.07. The number of fused-ring (bicyclic) bond motifs is 1. The van der Waals surface area contributed by atoms with E-state index in [4.69, 9.17) is 5.73 Å². The minimum atomic E-state index is -0.422. The Labute approximate surface area is 109 Å². The van der Waals surface area contributed by atoms with Crippen LogP contribution in [0.2, 0.25) is 0 Å². The van der Waals surface area contributed by atoms with Crippen LogP contribution >= 0.6 is 0 Å². The monoisotopic (exact) mass is 258 g/mol. The summed E-state index contributed by atoms with van der Waals surface area (Å²) in [6.45, 7) is 0.354. The summed E-state index contributed by atoms with van der Waals surface area (Å²) in [6, 6.07) is 5.64. The predicted octanol–water partition coefficient (Wildman–Crippen LogP) is 0.411. The highest BCUT2D eigenvalue weighted by molar-refractivity contribution is 6.01. The molecule has 0 bridgehead atoms. The summed E-state index contributed by atoms with van der Waals surface area (Å²) in [7, 11) is 1.92. The Bertz CT molecular complexity index is 676. The van der Waals surface area contributed by atoms with E-state index in [1.807, 2.05) is 29.8 Å². The van der Waals surface area contributed by atoms with Crippen molar-refractivity contribution in [3.8, 4) is 0 Å². The summed E-state index contributed by atoms with van der Waals surface area (Å²) in [5, 5.41) is 0. The van der Waals surface area contributed by atoms with Gasteiger partial charge in [-0.25, -0.2) is 4.98 Å². The summed E-state index contributed by atoms with van der Waals surface area (Å²) < 4.78 is 1.91. The molecule has 1 aromatic carbocycles. The van der Waals surface area contributed by atoms with Crippen LogP contribution in [-0.4, -0.2) is 27.9 Å². The minimum Gasteiger partial charge on any atom is -0.369 e. The van der Waals surface area contributed by atoms with Gasteiger partial charge in [-0.2, -0.15) is 0 Å². The molecular weight excluding hydrogens is 244 g/mol. The van der Waals surface area contributed by atoms with Gasteiger partial charge in [0.25, 0.3) is 0 Å². The van der Waals surface area contributed by atoms with Crippen molar-refractivity contribution >= 4 is 28.5 Å². The number of hydrogen-bond donors (Lipinski definition) is 1. The molecule has 2 N–H and O–H groups in total. The first kappa shape index (κ1) is 11.7. The van der Waals surface area contributed by atoms with E-state index in [2.05, 4.69) is 4.98 Å². The maximum atomic E-state index is 11.9. The SMILES string of the molecule is Cn1cnc2cc(N3CC(C(N)=O)CC3=O)ccc21. The minimum absolute atomic E-state index is 0.0703. The smallest absolute Gasteiger partial charge is 0.227 e. The molecule has 0 aliphatic carbocycles. The number of hydrogen-bond acceptors (Lipinski definition) is 3. The lowest BCUT2D eigenvalue weighted by atomic mass is 10.1. The van der Waals surface area contributed by atoms with E-state index < -0.39 is 11.8 Å². The van der Waals surface area contributed by atoms with Gasteiger partial charge in [0.1, 0.15) is 0 Å². The fourth-order valence-electron chi connectivity index (χ4n) is 2.44. The van der Waals surface area contributed by atoms with E-state index in [0.29, 0.717) is 6.54 Å². The molecule has 0 saturated carbocycles. The lowest BCUT2D eigenvalue weighted by Crippen LogP contribution is -2.28. The number of nitrogens with zero attached hydrogens (tertiary/aromatic N) is 3. The molecule has 0 radical (unpaired) electrons. The lowest BCUT2D eigenvalue weighted by molar-refractivity contribution is -0.123. The number of anilines is 1. The third kappa shape index (κ3) is 1.85. The summed E-state index contributed by atoms with van der Waals surface area (Å²) >= 11 is 0. The van der Waals surface area contributed by atoms with Gasteiger partial charge in [0.15, 0.2) is 0 Å². The van der Waals surface area contributed by atoms with Crippen LogP contribution in [0.5, 0.6) is 0 Å². The molecule has 6 heteroatoms. The van der Waals surface area contributed by atoms with Crippen molar-refractivity contribution in [2.24, 2.45) is 18.7 Å². The average molecular weight is 258 g/mol. The van der Waals surface area contributed by atoms with Gasteiger partial charge in [-0.15, -0.1) is 0 Å². The van der Waals surface area contributed by atoms with Crippen molar-refractivity contribution in [2.75, 3.05) is 11.4 Å². The number of aromatic nitrogens is 2. The Morgan fingerprint density at radius 2 is 2.26 bits per heavy atom. The Balaban J connectivity index is 1.96. The lowest BCUT2D eigenvalue weighted by Gasteiger charge is -2.16. The van der Waals surface area contributed by atoms with Gasteiger partial charge in [0.2, 0.25) is 11.8 Å². The van der Waals surface area contributed by atoms with Crippen LogP contribution in [0.4, 0.5) is 5.69 Å². The molecule has 1 aliphatic rings. The normalized spacial score (nSPS) is 19.3. The molecule has 1 aromatic heterocycles. The number of nitrogens with two attached hydrogens (primary N) is 1. The number of rotatable bonds is 2. The number of benzene rings is 1. The van der Waals surface area contributed by atoms with Crippen LogP contribution < -0.4 is 10.6 Å². The van der Waals surface area contributed by atoms with E-state index >= 15 is 0 Å². The fraction of sp³-hybridized carbons (Fsp3) is 0.308. The number of aryl methyl sites for hydroxylation is 1. The maximum Gasteiger partial charge on any atom is 0.227 e. The topological polar surface area (TPSA) is 81.2 Å². The highest BCUT2D eigenvalue weighted by Crippen LogP contribution is 2.27. The van der Waals surface area contributed by atoms with E-state index in [1.165, 1.54) is 0 Å². The van der Waals surface area contributed by atoms with Crippen molar-refractivity contribution in [3.05, 3.63) is 24.5 Å². The highest BCUT2D eigenvalue weighted by atomic mass is 16.2. The van der Waals surface area contributed by atoms with Crippen molar-refractivity contribution in [2.45, 2.75) is 6.42 Å². The summed E-state index contributed by atoms with van der Waals surface area (Å²) in [5.41, 5.74) is 7.86. The molecule has 2 amide bonds. The largest absolute Gasteiger partial charge is 0.369 e. The van der Waals surface area contributed by atoms with Crippen LogP contribution in [-0.2, 0) is 16.6 Å². The van der Waals surface area contributed by atoms with E-state index in [-0.39, 0.29) is 12.3 Å². The van der Waals surface area contributed by atoms with Crippen LogP contribution in [0.1, 0.15) is 6.42 Å². The molecule has 1 atom stereocenters. The Morgan fingerprint density at radius 1 is 1.47 bits per heavy atom. The molecule has 98 valence electrons. The Hall–Kier alpha value is -2.37. The summed E-state index contributed by atoms with van der Waals surface area (Å²) in [5.74, 6) is -0.888. The third-order valence-electron chi connectivity index (χ3n) is 3.55. The zero-order valence-electron chi connectivity index (χ0n) is 10.5. The van der Waals surface area contributed by atoms with E-state index in [9.17, 15) is 9.59 Å². The fourth-order valence-corrected chi connectivity index (χ4v) is 2.44. The quantitative estimate of drug-likeness (QED) is 0.847. The highest BCUT2D eigenvalue weighted by Gasteiger charge is 2.33. The number of primary amides is 1. The maximum absolute atomic E-state index is 11.9. The molecule has 3 rings (SSSR count). The second-order valence-electron chi connectivity index (χ2n) is 4.84. The standard InChI is InChI=1S/C13H14N4O2/c1-16-7-15-10-5-9(2-3-11(10)16)17-6-8(13(14)19)4-12(17)18/h2-3,5,7-8H,4,6H2,1H3,(H2,14,19). The van der Waals surface area contributed by atoms with E-state index in [1.54, 1.807) is 11.2 Å².